The number of ether oxygens (including phenoxy) is 1. The number of benzene rings is 3. The number of nitrogens with one attached hydrogen (secondary N) is 1. The smallest absolute Gasteiger partial charge is 0.411 e. The lowest BCUT2D eigenvalue weighted by Gasteiger charge is -2.43. The van der Waals surface area contributed by atoms with Gasteiger partial charge in [0.2, 0.25) is 0 Å². The Bertz CT molecular complexity index is 1270. The van der Waals surface area contributed by atoms with Crippen LogP contribution in [-0.2, 0) is 10.3 Å². The van der Waals surface area contributed by atoms with Crippen molar-refractivity contribution in [3.8, 4) is 11.1 Å². The van der Waals surface area contributed by atoms with Crippen LogP contribution >= 0.6 is 0 Å². The molecule has 6 nitrogen and oxygen atoms in total. The van der Waals surface area contributed by atoms with E-state index in [2.05, 4.69) is 5.32 Å². The normalized spacial score (nSPS) is 18.3. The lowest BCUT2D eigenvalue weighted by Crippen LogP contribution is -2.49. The van der Waals surface area contributed by atoms with E-state index >= 15 is 0 Å². The van der Waals surface area contributed by atoms with E-state index in [0.717, 1.165) is 11.6 Å². The van der Waals surface area contributed by atoms with Crippen LogP contribution in [0.1, 0.15) is 43.4 Å². The van der Waals surface area contributed by atoms with E-state index < -0.39 is 35.2 Å². The molecule has 9 heteroatoms. The molecule has 0 bridgehead atoms. The SMILES string of the molecule is CC(c1ccc(-c2ccc(F)cc2F)cc1)N1CCC(CCCNC(N)=O)(c2ccc(F)cc2)OC1=O. The molecule has 3 amide bonds. The minimum Gasteiger partial charge on any atom is -0.438 e. The highest BCUT2D eigenvalue weighted by atomic mass is 19.1. The zero-order valence-corrected chi connectivity index (χ0v) is 20.3. The number of nitrogens with two attached hydrogens (primary N) is 1. The molecule has 0 aliphatic carbocycles. The van der Waals surface area contributed by atoms with Gasteiger partial charge in [-0.2, -0.15) is 0 Å². The van der Waals surface area contributed by atoms with Crippen LogP contribution in [0, 0.1) is 17.5 Å². The lowest BCUT2D eigenvalue weighted by molar-refractivity contribution is -0.0663. The van der Waals surface area contributed by atoms with E-state index in [4.69, 9.17) is 10.5 Å². The topological polar surface area (TPSA) is 84.7 Å². The predicted octanol–water partition coefficient (Wildman–Crippen LogP) is 6.02. The van der Waals surface area contributed by atoms with Gasteiger partial charge >= 0.3 is 12.1 Å². The third-order valence-corrected chi connectivity index (χ3v) is 6.80. The second kappa shape index (κ2) is 10.9. The number of cyclic esters (lactones) is 1. The number of rotatable bonds is 8. The largest absolute Gasteiger partial charge is 0.438 e. The number of hydrogen-bond donors (Lipinski definition) is 2. The Hall–Kier alpha value is -4.01. The fourth-order valence-electron chi connectivity index (χ4n) is 4.73. The van der Waals surface area contributed by atoms with Crippen LogP contribution < -0.4 is 11.1 Å². The summed E-state index contributed by atoms with van der Waals surface area (Å²) in [5, 5.41) is 2.53. The van der Waals surface area contributed by atoms with Crippen LogP contribution in [0.4, 0.5) is 22.8 Å². The Labute approximate surface area is 213 Å². The first-order valence-electron chi connectivity index (χ1n) is 12.0. The maximum atomic E-state index is 14.2. The first-order valence-corrected chi connectivity index (χ1v) is 12.0. The van der Waals surface area contributed by atoms with E-state index in [9.17, 15) is 22.8 Å². The van der Waals surface area contributed by atoms with Gasteiger partial charge in [-0.3, -0.25) is 0 Å². The lowest BCUT2D eigenvalue weighted by atomic mass is 9.84. The molecule has 3 aromatic rings. The fraction of sp³-hybridized carbons (Fsp3) is 0.286. The van der Waals surface area contributed by atoms with Crippen LogP contribution in [0.5, 0.6) is 0 Å². The highest BCUT2D eigenvalue weighted by Gasteiger charge is 2.43. The molecule has 2 unspecified atom stereocenters. The summed E-state index contributed by atoms with van der Waals surface area (Å²) in [5.41, 5.74) is 6.55. The minimum absolute atomic E-state index is 0.285. The van der Waals surface area contributed by atoms with Crippen molar-refractivity contribution in [3.05, 3.63) is 95.3 Å². The van der Waals surface area contributed by atoms with Gasteiger partial charge in [0.05, 0.1) is 6.04 Å². The summed E-state index contributed by atoms with van der Waals surface area (Å²) in [6.07, 6.45) is 0.874. The van der Waals surface area contributed by atoms with Crippen LogP contribution in [0.2, 0.25) is 0 Å². The zero-order chi connectivity index (χ0) is 26.6. The van der Waals surface area contributed by atoms with Crippen molar-refractivity contribution in [1.29, 1.82) is 0 Å². The second-order valence-corrected chi connectivity index (χ2v) is 9.13. The van der Waals surface area contributed by atoms with E-state index in [1.54, 1.807) is 41.3 Å². The van der Waals surface area contributed by atoms with Crippen molar-refractivity contribution in [3.63, 3.8) is 0 Å². The van der Waals surface area contributed by atoms with E-state index in [1.807, 2.05) is 6.92 Å². The summed E-state index contributed by atoms with van der Waals surface area (Å²) in [6, 6.07) is 15.4. The van der Waals surface area contributed by atoms with Crippen molar-refractivity contribution in [2.45, 2.75) is 37.8 Å². The maximum Gasteiger partial charge on any atom is 0.411 e. The van der Waals surface area contributed by atoms with Crippen molar-refractivity contribution >= 4 is 12.1 Å². The molecule has 0 aromatic heterocycles. The summed E-state index contributed by atoms with van der Waals surface area (Å²) in [7, 11) is 0. The average Bonchev–Trinajstić information content (AvgIpc) is 2.87. The summed E-state index contributed by atoms with van der Waals surface area (Å²) in [6.45, 7) is 2.57. The number of primary amides is 1. The van der Waals surface area contributed by atoms with Crippen LogP contribution in [0.15, 0.2) is 66.7 Å². The number of carbonyl (C=O) groups excluding carboxylic acids is 2. The Balaban J connectivity index is 1.50. The molecule has 37 heavy (non-hydrogen) atoms. The van der Waals surface area contributed by atoms with Crippen molar-refractivity contribution in [2.75, 3.05) is 13.1 Å². The number of urea groups is 1. The molecule has 0 radical (unpaired) electrons. The Morgan fingerprint density at radius 2 is 1.73 bits per heavy atom. The van der Waals surface area contributed by atoms with Gasteiger partial charge in [-0.1, -0.05) is 36.4 Å². The second-order valence-electron chi connectivity index (χ2n) is 9.13. The molecule has 1 aliphatic heterocycles. The molecule has 4 rings (SSSR count). The first kappa shape index (κ1) is 26.1. The molecule has 1 heterocycles. The van der Waals surface area contributed by atoms with Crippen LogP contribution in [0.3, 0.4) is 0 Å². The number of carbonyl (C=O) groups is 2. The van der Waals surface area contributed by atoms with Gasteiger partial charge < -0.3 is 20.7 Å². The molecular weight excluding hydrogens is 483 g/mol. The van der Waals surface area contributed by atoms with Gasteiger partial charge in [-0.05, 0) is 60.7 Å². The standard InChI is InChI=1S/C28H28F3N3O3/c1-18(19-3-5-20(6-4-19)24-12-11-23(30)17-25(24)31)34-16-14-28(37-27(34)36,13-2-15-33-26(32)35)21-7-9-22(29)10-8-21/h3-12,17-18H,2,13-16H2,1H3,(H3,32,33,35). The molecule has 0 spiro atoms. The number of halogens is 3. The molecule has 2 atom stereocenters. The van der Waals surface area contributed by atoms with Crippen LogP contribution in [-0.4, -0.2) is 30.1 Å². The Morgan fingerprint density at radius 1 is 1.05 bits per heavy atom. The molecule has 0 saturated carbocycles. The maximum absolute atomic E-state index is 14.2. The van der Waals surface area contributed by atoms with E-state index in [1.165, 1.54) is 24.3 Å². The zero-order valence-electron chi connectivity index (χ0n) is 20.3. The van der Waals surface area contributed by atoms with Crippen molar-refractivity contribution in [2.24, 2.45) is 5.73 Å². The van der Waals surface area contributed by atoms with Gasteiger partial charge in [-0.15, -0.1) is 0 Å². The summed E-state index contributed by atoms with van der Waals surface area (Å²) >= 11 is 0. The number of hydrogen-bond acceptors (Lipinski definition) is 3. The van der Waals surface area contributed by atoms with Crippen molar-refractivity contribution in [1.82, 2.24) is 10.2 Å². The fourth-order valence-corrected chi connectivity index (χ4v) is 4.73. The summed E-state index contributed by atoms with van der Waals surface area (Å²) in [4.78, 5) is 25.9. The van der Waals surface area contributed by atoms with E-state index in [0.29, 0.717) is 43.5 Å². The van der Waals surface area contributed by atoms with Gasteiger partial charge in [-0.25, -0.2) is 22.8 Å². The predicted molar refractivity (Wildman–Crippen MR) is 133 cm³/mol. The van der Waals surface area contributed by atoms with Gasteiger partial charge in [0.15, 0.2) is 0 Å². The summed E-state index contributed by atoms with van der Waals surface area (Å²) in [5.74, 6) is -1.69. The highest BCUT2D eigenvalue weighted by Crippen LogP contribution is 2.40. The monoisotopic (exact) mass is 511 g/mol. The molecule has 1 saturated heterocycles. The third kappa shape index (κ3) is 5.87. The van der Waals surface area contributed by atoms with Crippen LogP contribution in [0.25, 0.3) is 11.1 Å². The molecule has 194 valence electrons. The van der Waals surface area contributed by atoms with Crippen molar-refractivity contribution < 1.29 is 27.5 Å². The van der Waals surface area contributed by atoms with Gasteiger partial charge in [0, 0.05) is 31.1 Å². The molecule has 3 N–H and O–H groups in total. The van der Waals surface area contributed by atoms with Gasteiger partial charge in [0.25, 0.3) is 0 Å². The molecule has 1 aliphatic rings. The minimum atomic E-state index is -0.968. The summed E-state index contributed by atoms with van der Waals surface area (Å²) < 4.78 is 47.0. The highest BCUT2D eigenvalue weighted by molar-refractivity contribution is 5.71. The first-order chi connectivity index (χ1) is 17.7. The Kier molecular flexibility index (Phi) is 7.71. The average molecular weight is 512 g/mol. The number of nitrogens with zero attached hydrogens (tertiary/aromatic N) is 1. The Morgan fingerprint density at radius 3 is 2.35 bits per heavy atom. The van der Waals surface area contributed by atoms with Gasteiger partial charge in [0.1, 0.15) is 23.1 Å². The van der Waals surface area contributed by atoms with E-state index in [-0.39, 0.29) is 11.6 Å². The third-order valence-electron chi connectivity index (χ3n) is 6.80. The number of amides is 3. The quantitative estimate of drug-likeness (QED) is 0.363. The molecule has 3 aromatic carbocycles. The molecule has 1 fully saturated rings. The molecular formula is C28H28F3N3O3.